The number of nitrogens with one attached hydrogen (secondary N) is 1. The number of nitrogens with zero attached hydrogens (tertiary/aromatic N) is 2. The number of benzene rings is 1. The molecule has 1 N–H and O–H groups in total. The van der Waals surface area contributed by atoms with Crippen molar-refractivity contribution in [2.75, 3.05) is 0 Å². The first-order chi connectivity index (χ1) is 14.1. The van der Waals surface area contributed by atoms with Gasteiger partial charge < -0.3 is 10.1 Å². The molecule has 0 radical (unpaired) electrons. The third-order valence-electron chi connectivity index (χ3n) is 4.58. The van der Waals surface area contributed by atoms with Gasteiger partial charge in [0.05, 0.1) is 11.7 Å². The molecule has 1 amide bonds. The average molecular weight is 423 g/mol. The Hall–Kier alpha value is -3.30. The Morgan fingerprint density at radius 1 is 1.07 bits per heavy atom. The number of carbonyl (C=O) groups is 1. The molecule has 1 fully saturated rings. The van der Waals surface area contributed by atoms with Gasteiger partial charge >= 0.3 is 6.18 Å². The second-order valence-corrected chi connectivity index (χ2v) is 6.96. The number of ether oxygens (including phenoxy) is 1. The minimum absolute atomic E-state index is 0.0957. The summed E-state index contributed by atoms with van der Waals surface area (Å²) in [7, 11) is 0. The van der Waals surface area contributed by atoms with Gasteiger partial charge in [0, 0.05) is 24.3 Å². The molecule has 2 aromatic heterocycles. The SMILES string of the molecule is O=C(NC1CC(F)(F)C1)c1ccc2cc(Oc3ccc(C(F)(F)F)nc3)ccc2n1. The van der Waals surface area contributed by atoms with Crippen LogP contribution in [0, 0.1) is 0 Å². The van der Waals surface area contributed by atoms with Gasteiger partial charge in [0.1, 0.15) is 22.9 Å². The Kier molecular flexibility index (Phi) is 4.79. The Morgan fingerprint density at radius 2 is 1.80 bits per heavy atom. The quantitative estimate of drug-likeness (QED) is 0.602. The van der Waals surface area contributed by atoms with Gasteiger partial charge in [-0.05, 0) is 36.4 Å². The molecule has 4 rings (SSSR count). The van der Waals surface area contributed by atoms with Crippen LogP contribution in [-0.4, -0.2) is 27.8 Å². The van der Waals surface area contributed by atoms with Crippen LogP contribution in [0.1, 0.15) is 29.0 Å². The molecule has 1 aliphatic carbocycles. The maximum Gasteiger partial charge on any atom is 0.433 e. The zero-order valence-electron chi connectivity index (χ0n) is 15.2. The molecule has 0 spiro atoms. The molecule has 0 atom stereocenters. The molecule has 0 saturated heterocycles. The third kappa shape index (κ3) is 4.32. The zero-order chi connectivity index (χ0) is 21.5. The van der Waals surface area contributed by atoms with Crippen molar-refractivity contribution in [3.05, 3.63) is 60.0 Å². The maximum absolute atomic E-state index is 12.9. The molecule has 10 heteroatoms. The van der Waals surface area contributed by atoms with Crippen LogP contribution >= 0.6 is 0 Å². The van der Waals surface area contributed by atoms with Gasteiger partial charge in [-0.2, -0.15) is 13.2 Å². The van der Waals surface area contributed by atoms with E-state index in [0.29, 0.717) is 16.7 Å². The number of carbonyl (C=O) groups excluding carboxylic acids is 1. The first-order valence-corrected chi connectivity index (χ1v) is 8.90. The van der Waals surface area contributed by atoms with E-state index in [9.17, 15) is 26.7 Å². The lowest BCUT2D eigenvalue weighted by molar-refractivity contribution is -0.141. The number of rotatable bonds is 4. The summed E-state index contributed by atoms with van der Waals surface area (Å²) in [5, 5.41) is 3.14. The van der Waals surface area contributed by atoms with Crippen molar-refractivity contribution in [3.63, 3.8) is 0 Å². The van der Waals surface area contributed by atoms with E-state index in [1.807, 2.05) is 0 Å². The minimum atomic E-state index is -4.53. The van der Waals surface area contributed by atoms with Gasteiger partial charge in [-0.1, -0.05) is 6.07 Å². The number of aromatic nitrogens is 2. The monoisotopic (exact) mass is 423 g/mol. The van der Waals surface area contributed by atoms with Crippen molar-refractivity contribution < 1.29 is 31.5 Å². The van der Waals surface area contributed by atoms with Crippen LogP contribution in [0.2, 0.25) is 0 Å². The van der Waals surface area contributed by atoms with E-state index in [-0.39, 0.29) is 24.3 Å². The fraction of sp³-hybridized carbons (Fsp3) is 0.250. The topological polar surface area (TPSA) is 64.1 Å². The molecule has 1 aromatic carbocycles. The van der Waals surface area contributed by atoms with E-state index in [0.717, 1.165) is 18.3 Å². The van der Waals surface area contributed by atoms with Crippen LogP contribution < -0.4 is 10.1 Å². The van der Waals surface area contributed by atoms with Gasteiger partial charge in [0.15, 0.2) is 0 Å². The minimum Gasteiger partial charge on any atom is -0.456 e. The summed E-state index contributed by atoms with van der Waals surface area (Å²) in [5.41, 5.74) is -0.452. The molecule has 0 aliphatic heterocycles. The van der Waals surface area contributed by atoms with Gasteiger partial charge in [-0.3, -0.25) is 4.79 Å². The van der Waals surface area contributed by atoms with Crippen molar-refractivity contribution in [2.45, 2.75) is 31.0 Å². The number of alkyl halides is 5. The van der Waals surface area contributed by atoms with Gasteiger partial charge in [-0.25, -0.2) is 18.7 Å². The first kappa shape index (κ1) is 20.0. The lowest BCUT2D eigenvalue weighted by Gasteiger charge is -2.35. The smallest absolute Gasteiger partial charge is 0.433 e. The van der Waals surface area contributed by atoms with Gasteiger partial charge in [0.2, 0.25) is 0 Å². The number of hydrogen-bond acceptors (Lipinski definition) is 4. The van der Waals surface area contributed by atoms with E-state index in [1.54, 1.807) is 24.3 Å². The van der Waals surface area contributed by atoms with Crippen LogP contribution in [0.4, 0.5) is 22.0 Å². The average Bonchev–Trinajstić information content (AvgIpc) is 2.66. The van der Waals surface area contributed by atoms with Gasteiger partial charge in [0.25, 0.3) is 11.8 Å². The molecule has 0 bridgehead atoms. The first-order valence-electron chi connectivity index (χ1n) is 8.90. The van der Waals surface area contributed by atoms with Crippen LogP contribution in [0.15, 0.2) is 48.7 Å². The molecule has 3 aromatic rings. The highest BCUT2D eigenvalue weighted by atomic mass is 19.4. The number of amides is 1. The van der Waals surface area contributed by atoms with Crippen LogP contribution in [0.3, 0.4) is 0 Å². The summed E-state index contributed by atoms with van der Waals surface area (Å²) < 4.78 is 69.0. The summed E-state index contributed by atoms with van der Waals surface area (Å²) >= 11 is 0. The predicted octanol–water partition coefficient (Wildman–Crippen LogP) is 4.97. The summed E-state index contributed by atoms with van der Waals surface area (Å²) in [6.07, 6.45) is -4.32. The summed E-state index contributed by atoms with van der Waals surface area (Å²) in [5.74, 6) is -2.79. The summed E-state index contributed by atoms with van der Waals surface area (Å²) in [6.45, 7) is 0. The highest BCUT2D eigenvalue weighted by Crippen LogP contribution is 2.37. The van der Waals surface area contributed by atoms with E-state index in [4.69, 9.17) is 4.74 Å². The molecular formula is C20H14F5N3O2. The van der Waals surface area contributed by atoms with Crippen molar-refractivity contribution in [3.8, 4) is 11.5 Å². The third-order valence-corrected chi connectivity index (χ3v) is 4.58. The molecule has 156 valence electrons. The number of hydrogen-bond donors (Lipinski definition) is 1. The van der Waals surface area contributed by atoms with Gasteiger partial charge in [-0.15, -0.1) is 0 Å². The maximum atomic E-state index is 12.9. The predicted molar refractivity (Wildman–Crippen MR) is 96.5 cm³/mol. The van der Waals surface area contributed by atoms with Crippen molar-refractivity contribution >= 4 is 16.8 Å². The zero-order valence-corrected chi connectivity index (χ0v) is 15.2. The van der Waals surface area contributed by atoms with E-state index < -0.39 is 29.7 Å². The number of pyridine rings is 2. The number of fused-ring (bicyclic) bond motifs is 1. The molecule has 30 heavy (non-hydrogen) atoms. The standard InChI is InChI=1S/C20H14F5N3O2/c21-19(22)8-12(9-19)27-18(29)16-4-1-11-7-13(2-5-15(11)28-16)30-14-3-6-17(26-10-14)20(23,24)25/h1-7,10,12H,8-9H2,(H,27,29). The van der Waals surface area contributed by atoms with E-state index in [1.165, 1.54) is 6.07 Å². The second kappa shape index (κ2) is 7.19. The largest absolute Gasteiger partial charge is 0.456 e. The van der Waals surface area contributed by atoms with Crippen molar-refractivity contribution in [1.29, 1.82) is 0 Å². The Morgan fingerprint density at radius 3 is 2.43 bits per heavy atom. The molecule has 1 saturated carbocycles. The molecule has 1 aliphatic rings. The summed E-state index contributed by atoms with van der Waals surface area (Å²) in [6, 6.07) is 9.21. The van der Waals surface area contributed by atoms with Crippen molar-refractivity contribution in [1.82, 2.24) is 15.3 Å². The van der Waals surface area contributed by atoms with Crippen LogP contribution in [-0.2, 0) is 6.18 Å². The summed E-state index contributed by atoms with van der Waals surface area (Å²) in [4.78, 5) is 19.7. The Labute approximate surface area is 166 Å². The molecular weight excluding hydrogens is 409 g/mol. The highest BCUT2D eigenvalue weighted by Gasteiger charge is 2.46. The molecule has 2 heterocycles. The Bertz CT molecular complexity index is 1090. The second-order valence-electron chi connectivity index (χ2n) is 6.96. The Balaban J connectivity index is 1.46. The van der Waals surface area contributed by atoms with Crippen LogP contribution in [0.5, 0.6) is 11.5 Å². The fourth-order valence-corrected chi connectivity index (χ4v) is 3.06. The van der Waals surface area contributed by atoms with Crippen LogP contribution in [0.25, 0.3) is 10.9 Å². The number of halogens is 5. The highest BCUT2D eigenvalue weighted by molar-refractivity contribution is 5.95. The lowest BCUT2D eigenvalue weighted by atomic mass is 9.88. The molecule has 5 nitrogen and oxygen atoms in total. The fourth-order valence-electron chi connectivity index (χ4n) is 3.06. The normalized spacial score (nSPS) is 16.2. The van der Waals surface area contributed by atoms with Crippen molar-refractivity contribution in [2.24, 2.45) is 0 Å². The van der Waals surface area contributed by atoms with E-state index >= 15 is 0 Å². The van der Waals surface area contributed by atoms with E-state index in [2.05, 4.69) is 15.3 Å². The lowest BCUT2D eigenvalue weighted by Crippen LogP contribution is -2.50. The molecule has 0 unspecified atom stereocenters.